The number of thiazole rings is 2. The molecule has 18 heavy (non-hydrogen) atoms. The summed E-state index contributed by atoms with van der Waals surface area (Å²) in [4.78, 5) is 11.1. The summed E-state index contributed by atoms with van der Waals surface area (Å²) in [6, 6.07) is 0. The van der Waals surface area contributed by atoms with E-state index < -0.39 is 0 Å². The molecule has 0 aromatic carbocycles. The van der Waals surface area contributed by atoms with Crippen LogP contribution in [0.2, 0.25) is 0 Å². The zero-order valence-corrected chi connectivity index (χ0v) is 10.9. The minimum absolute atomic E-state index is 0. The molecule has 0 unspecified atom stereocenters. The molecule has 0 aliphatic carbocycles. The van der Waals surface area contributed by atoms with Gasteiger partial charge >= 0.3 is 5.13 Å². The van der Waals surface area contributed by atoms with Gasteiger partial charge in [0.05, 0.1) is 0 Å². The Morgan fingerprint density at radius 1 is 1.28 bits per heavy atom. The first-order valence-electron chi connectivity index (χ1n) is 4.55. The van der Waals surface area contributed by atoms with E-state index in [4.69, 9.17) is 11.8 Å². The molecular weight excluding hydrogens is 268 g/mol. The second-order valence-corrected chi connectivity index (χ2v) is 4.68. The third kappa shape index (κ3) is 5.52. The van der Waals surface area contributed by atoms with Crippen LogP contribution in [0.5, 0.6) is 0 Å². The highest BCUT2D eigenvalue weighted by molar-refractivity contribution is 7.13. The second-order valence-electron chi connectivity index (χ2n) is 2.95. The van der Waals surface area contributed by atoms with Crippen molar-refractivity contribution in [2.24, 2.45) is 5.16 Å². The van der Waals surface area contributed by atoms with Crippen LogP contribution in [0, 0.1) is 20.4 Å². The molecule has 7 heteroatoms. The summed E-state index contributed by atoms with van der Waals surface area (Å²) in [5.41, 5.74) is 1.89. The molecule has 96 valence electrons. The maximum atomic E-state index is 8.07. The third-order valence-electron chi connectivity index (χ3n) is 1.51. The highest BCUT2D eigenvalue weighted by atomic mass is 32.1. The summed E-state index contributed by atoms with van der Waals surface area (Å²) >= 11 is 2.84. The van der Waals surface area contributed by atoms with Crippen molar-refractivity contribution in [2.45, 2.75) is 21.3 Å². The number of nitrogens with zero attached hydrogens (tertiary/aromatic N) is 4. The first kappa shape index (κ1) is 16.2. The Morgan fingerprint density at radius 3 is 2.22 bits per heavy atom. The molecule has 0 amide bonds. The van der Waals surface area contributed by atoms with Crippen molar-refractivity contribution < 1.29 is 5.21 Å². The maximum absolute atomic E-state index is 8.07. The Hall–Kier alpha value is -1.78. The summed E-state index contributed by atoms with van der Waals surface area (Å²) in [6.45, 7) is 10.3. The van der Waals surface area contributed by atoms with Gasteiger partial charge in [0.2, 0.25) is 0 Å². The van der Waals surface area contributed by atoms with Gasteiger partial charge in [-0.15, -0.1) is 27.7 Å². The van der Waals surface area contributed by atoms with Gasteiger partial charge in [0, 0.05) is 23.4 Å². The standard InChI is InChI=1S/C5H6N2OS.C5H4N2S.CH4/c1-4-3-9-5(7-4)2-6-8;1-4-3-8-5(6-2)7-4;/h2-3,8H,1H3;3H,1H3;1H4. The quantitative estimate of drug-likeness (QED) is 0.373. The zero-order valence-electron chi connectivity index (χ0n) is 9.28. The summed E-state index contributed by atoms with van der Waals surface area (Å²) in [5.74, 6) is 0. The van der Waals surface area contributed by atoms with E-state index in [1.807, 2.05) is 24.6 Å². The van der Waals surface area contributed by atoms with Crippen LogP contribution >= 0.6 is 22.7 Å². The van der Waals surface area contributed by atoms with Crippen LogP contribution in [0.4, 0.5) is 5.13 Å². The molecule has 2 rings (SSSR count). The molecule has 5 nitrogen and oxygen atoms in total. The van der Waals surface area contributed by atoms with Crippen molar-refractivity contribution in [3.8, 4) is 0 Å². The highest BCUT2D eigenvalue weighted by Gasteiger charge is 1.95. The Balaban J connectivity index is 0.000000306. The molecule has 0 aliphatic rings. The third-order valence-corrected chi connectivity index (χ3v) is 3.26. The lowest BCUT2D eigenvalue weighted by Crippen LogP contribution is -1.77. The number of aryl methyl sites for hydroxylation is 2. The van der Waals surface area contributed by atoms with E-state index >= 15 is 0 Å². The summed E-state index contributed by atoms with van der Waals surface area (Å²) < 4.78 is 0. The maximum Gasteiger partial charge on any atom is 0.329 e. The smallest absolute Gasteiger partial charge is 0.329 e. The molecule has 0 atom stereocenters. The number of oxime groups is 1. The zero-order chi connectivity index (χ0) is 12.7. The van der Waals surface area contributed by atoms with E-state index in [9.17, 15) is 0 Å². The molecule has 2 aromatic rings. The molecule has 1 N–H and O–H groups in total. The lowest BCUT2D eigenvalue weighted by Gasteiger charge is -1.75. The Bertz CT molecular complexity index is 539. The topological polar surface area (TPSA) is 62.7 Å². The number of hydrogen-bond donors (Lipinski definition) is 1. The fraction of sp³-hybridized carbons (Fsp3) is 0.273. The number of rotatable bonds is 1. The predicted octanol–water partition coefficient (Wildman–Crippen LogP) is 3.90. The molecular formula is C11H14N4OS2. The molecule has 0 radical (unpaired) electrons. The van der Waals surface area contributed by atoms with Crippen LogP contribution in [0.25, 0.3) is 4.85 Å². The normalized spacial score (nSPS) is 9.17. The van der Waals surface area contributed by atoms with Gasteiger partial charge in [-0.2, -0.15) is 0 Å². The molecule has 0 aliphatic heterocycles. The number of aromatic nitrogens is 2. The van der Waals surface area contributed by atoms with E-state index in [1.165, 1.54) is 28.9 Å². The molecule has 2 aromatic heterocycles. The summed E-state index contributed by atoms with van der Waals surface area (Å²) in [6.07, 6.45) is 1.32. The fourth-order valence-corrected chi connectivity index (χ4v) is 2.10. The van der Waals surface area contributed by atoms with Crippen LogP contribution in [0.1, 0.15) is 23.8 Å². The predicted molar refractivity (Wildman–Crippen MR) is 76.1 cm³/mol. The van der Waals surface area contributed by atoms with Gasteiger partial charge in [-0.25, -0.2) is 4.98 Å². The molecule has 0 bridgehead atoms. The first-order chi connectivity index (χ1) is 8.15. The van der Waals surface area contributed by atoms with Crippen LogP contribution in [0.15, 0.2) is 15.9 Å². The van der Waals surface area contributed by atoms with E-state index in [-0.39, 0.29) is 7.43 Å². The van der Waals surface area contributed by atoms with Gasteiger partial charge in [0.15, 0.2) is 0 Å². The van der Waals surface area contributed by atoms with Crippen molar-refractivity contribution in [3.63, 3.8) is 0 Å². The monoisotopic (exact) mass is 282 g/mol. The second kappa shape index (κ2) is 8.33. The SMILES string of the molecule is C.Cc1csc(C=NO)n1.[C-]#[N+]c1nc(C)cs1. The van der Waals surface area contributed by atoms with Crippen molar-refractivity contribution >= 4 is 34.0 Å². The van der Waals surface area contributed by atoms with E-state index in [2.05, 4.69) is 20.0 Å². The Labute approximate surface area is 114 Å². The van der Waals surface area contributed by atoms with Gasteiger partial charge in [0.25, 0.3) is 0 Å². The van der Waals surface area contributed by atoms with Gasteiger partial charge in [0.1, 0.15) is 16.9 Å². The minimum Gasteiger partial charge on any atom is -0.411 e. The molecule has 0 spiro atoms. The minimum atomic E-state index is 0. The molecule has 0 saturated heterocycles. The van der Waals surface area contributed by atoms with Crippen LogP contribution in [-0.2, 0) is 0 Å². The van der Waals surface area contributed by atoms with Crippen molar-refractivity contribution in [3.05, 3.63) is 38.6 Å². The molecule has 2 heterocycles. The van der Waals surface area contributed by atoms with Gasteiger partial charge in [-0.3, -0.25) is 0 Å². The van der Waals surface area contributed by atoms with E-state index in [0.29, 0.717) is 5.13 Å². The van der Waals surface area contributed by atoms with E-state index in [0.717, 1.165) is 16.4 Å². The largest absolute Gasteiger partial charge is 0.411 e. The van der Waals surface area contributed by atoms with Crippen molar-refractivity contribution in [2.75, 3.05) is 0 Å². The van der Waals surface area contributed by atoms with Crippen molar-refractivity contribution in [1.82, 2.24) is 9.97 Å². The molecule has 0 saturated carbocycles. The average molecular weight is 282 g/mol. The van der Waals surface area contributed by atoms with Gasteiger partial charge in [-0.05, 0) is 6.92 Å². The van der Waals surface area contributed by atoms with Crippen LogP contribution in [0.3, 0.4) is 0 Å². The van der Waals surface area contributed by atoms with Crippen molar-refractivity contribution in [1.29, 1.82) is 0 Å². The number of hydrogen-bond acceptors (Lipinski definition) is 6. The lowest BCUT2D eigenvalue weighted by atomic mass is 10.6. The lowest BCUT2D eigenvalue weighted by molar-refractivity contribution is 0.322. The summed E-state index contributed by atoms with van der Waals surface area (Å²) in [5, 5.41) is 15.9. The van der Waals surface area contributed by atoms with E-state index in [1.54, 1.807) is 0 Å². The van der Waals surface area contributed by atoms with Gasteiger partial charge in [-0.1, -0.05) is 19.2 Å². The fourth-order valence-electron chi connectivity index (χ4n) is 0.874. The van der Waals surface area contributed by atoms with Crippen LogP contribution < -0.4 is 0 Å². The molecule has 0 fully saturated rings. The highest BCUT2D eigenvalue weighted by Crippen LogP contribution is 2.16. The Morgan fingerprint density at radius 2 is 1.89 bits per heavy atom. The summed E-state index contributed by atoms with van der Waals surface area (Å²) in [7, 11) is 0. The van der Waals surface area contributed by atoms with Gasteiger partial charge < -0.3 is 10.1 Å². The average Bonchev–Trinajstić information content (AvgIpc) is 2.89. The van der Waals surface area contributed by atoms with Crippen LogP contribution in [-0.4, -0.2) is 21.4 Å². The Kier molecular flexibility index (Phi) is 7.51. The first-order valence-corrected chi connectivity index (χ1v) is 6.30.